The van der Waals surface area contributed by atoms with Gasteiger partial charge in [0.15, 0.2) is 0 Å². The minimum Gasteiger partial charge on any atom is -0.349 e. The average Bonchev–Trinajstić information content (AvgIpc) is 2.79. The first-order valence-corrected chi connectivity index (χ1v) is 13.0. The number of benzene rings is 2. The first kappa shape index (κ1) is 23.8. The van der Waals surface area contributed by atoms with Gasteiger partial charge in [-0.05, 0) is 48.9 Å². The van der Waals surface area contributed by atoms with Crippen LogP contribution in [0.4, 0.5) is 0 Å². The summed E-state index contributed by atoms with van der Waals surface area (Å²) in [5, 5.41) is 3.90. The van der Waals surface area contributed by atoms with Gasteiger partial charge in [0.1, 0.15) is 0 Å². The molecule has 31 heavy (non-hydrogen) atoms. The number of sulfonamides is 1. The zero-order valence-electron chi connectivity index (χ0n) is 18.0. The summed E-state index contributed by atoms with van der Waals surface area (Å²) in [6.45, 7) is 2.81. The molecule has 1 fully saturated rings. The summed E-state index contributed by atoms with van der Waals surface area (Å²) >= 11 is 6.01. The summed E-state index contributed by atoms with van der Waals surface area (Å²) < 4.78 is 26.4. The number of unbranched alkanes of at least 4 members (excludes halogenated alkanes) is 1. The molecule has 0 saturated carbocycles. The molecule has 2 aromatic carbocycles. The highest BCUT2D eigenvalue weighted by atomic mass is 35.5. The number of piperidine rings is 1. The number of amides is 1. The van der Waals surface area contributed by atoms with Crippen molar-refractivity contribution in [1.29, 1.82) is 0 Å². The molecule has 1 aliphatic heterocycles. The summed E-state index contributed by atoms with van der Waals surface area (Å²) in [6, 6.07) is 17.4. The highest BCUT2D eigenvalue weighted by Gasteiger charge is 2.31. The number of carbonyl (C=O) groups is 1. The van der Waals surface area contributed by atoms with Crippen LogP contribution in [0.1, 0.15) is 49.8 Å². The fourth-order valence-electron chi connectivity index (χ4n) is 3.94. The Labute approximate surface area is 190 Å². The third kappa shape index (κ3) is 6.79. The predicted octanol–water partition coefficient (Wildman–Crippen LogP) is 4.58. The third-order valence-corrected chi connectivity index (χ3v) is 8.05. The van der Waals surface area contributed by atoms with Crippen LogP contribution in [-0.2, 0) is 21.2 Å². The molecule has 1 atom stereocenters. The SMILES string of the molecule is CCCCS(=O)(=O)N1CCC(C(=O)NC(Cc2ccc(Cl)cc2)c2ccccc2)CC1. The van der Waals surface area contributed by atoms with Crippen LogP contribution in [0, 0.1) is 5.92 Å². The Morgan fingerprint density at radius 3 is 2.35 bits per heavy atom. The average molecular weight is 463 g/mol. The Morgan fingerprint density at radius 2 is 1.74 bits per heavy atom. The van der Waals surface area contributed by atoms with E-state index in [1.165, 1.54) is 0 Å². The van der Waals surface area contributed by atoms with Gasteiger partial charge in [-0.15, -0.1) is 0 Å². The van der Waals surface area contributed by atoms with E-state index < -0.39 is 10.0 Å². The van der Waals surface area contributed by atoms with Gasteiger partial charge in [0.2, 0.25) is 15.9 Å². The first-order valence-electron chi connectivity index (χ1n) is 11.0. The smallest absolute Gasteiger partial charge is 0.223 e. The van der Waals surface area contributed by atoms with E-state index in [0.717, 1.165) is 17.5 Å². The van der Waals surface area contributed by atoms with Gasteiger partial charge in [0.25, 0.3) is 0 Å². The van der Waals surface area contributed by atoms with Gasteiger partial charge in [-0.25, -0.2) is 12.7 Å². The van der Waals surface area contributed by atoms with Crippen LogP contribution in [0.2, 0.25) is 5.02 Å². The summed E-state index contributed by atoms with van der Waals surface area (Å²) in [5.74, 6) is 0.0137. The molecule has 0 aliphatic carbocycles. The normalized spacial score (nSPS) is 16.7. The van der Waals surface area contributed by atoms with Crippen molar-refractivity contribution in [2.24, 2.45) is 5.92 Å². The molecule has 1 unspecified atom stereocenters. The molecule has 1 N–H and O–H groups in total. The van der Waals surface area contributed by atoms with Gasteiger partial charge in [-0.2, -0.15) is 0 Å². The van der Waals surface area contributed by atoms with Gasteiger partial charge in [0.05, 0.1) is 11.8 Å². The van der Waals surface area contributed by atoms with E-state index in [1.54, 1.807) is 4.31 Å². The summed E-state index contributed by atoms with van der Waals surface area (Å²) in [7, 11) is -3.21. The van der Waals surface area contributed by atoms with E-state index in [2.05, 4.69) is 5.32 Å². The van der Waals surface area contributed by atoms with Crippen LogP contribution in [0.5, 0.6) is 0 Å². The van der Waals surface area contributed by atoms with Crippen molar-refractivity contribution in [2.75, 3.05) is 18.8 Å². The molecule has 1 heterocycles. The van der Waals surface area contributed by atoms with Gasteiger partial charge >= 0.3 is 0 Å². The van der Waals surface area contributed by atoms with Gasteiger partial charge in [0, 0.05) is 24.0 Å². The topological polar surface area (TPSA) is 66.5 Å². The number of rotatable bonds is 9. The molecular formula is C24H31ClN2O3S. The van der Waals surface area contributed by atoms with Crippen molar-refractivity contribution < 1.29 is 13.2 Å². The second kappa shape index (κ2) is 11.1. The van der Waals surface area contributed by atoms with E-state index in [9.17, 15) is 13.2 Å². The number of hydrogen-bond acceptors (Lipinski definition) is 3. The standard InChI is InChI=1S/C24H31ClN2O3S/c1-2-3-17-31(29,30)27-15-13-21(14-16-27)24(28)26-23(20-7-5-4-6-8-20)18-19-9-11-22(25)12-10-19/h4-12,21,23H,2-3,13-18H2,1H3,(H,26,28). The van der Waals surface area contributed by atoms with Crippen LogP contribution >= 0.6 is 11.6 Å². The van der Waals surface area contributed by atoms with Crippen LogP contribution in [0.15, 0.2) is 54.6 Å². The van der Waals surface area contributed by atoms with Crippen LogP contribution in [-0.4, -0.2) is 37.5 Å². The molecule has 1 amide bonds. The predicted molar refractivity (Wildman–Crippen MR) is 125 cm³/mol. The lowest BCUT2D eigenvalue weighted by Gasteiger charge is -2.31. The van der Waals surface area contributed by atoms with Crippen molar-refractivity contribution in [2.45, 2.75) is 45.1 Å². The lowest BCUT2D eigenvalue weighted by molar-refractivity contribution is -0.126. The number of nitrogens with one attached hydrogen (secondary N) is 1. The molecule has 3 rings (SSSR count). The Bertz CT molecular complexity index is 941. The maximum atomic E-state index is 13.1. The lowest BCUT2D eigenvalue weighted by atomic mass is 9.94. The Hall–Kier alpha value is -1.89. The zero-order valence-corrected chi connectivity index (χ0v) is 19.5. The van der Waals surface area contributed by atoms with E-state index in [0.29, 0.717) is 43.8 Å². The summed E-state index contributed by atoms with van der Waals surface area (Å²) in [5.41, 5.74) is 2.14. The van der Waals surface area contributed by atoms with Crippen molar-refractivity contribution in [3.05, 3.63) is 70.7 Å². The minimum atomic E-state index is -3.21. The van der Waals surface area contributed by atoms with E-state index in [-0.39, 0.29) is 23.6 Å². The molecule has 0 radical (unpaired) electrons. The molecule has 1 aliphatic rings. The largest absolute Gasteiger partial charge is 0.349 e. The molecule has 0 bridgehead atoms. The number of hydrogen-bond donors (Lipinski definition) is 1. The number of carbonyl (C=O) groups excluding carboxylic acids is 1. The number of nitrogens with zero attached hydrogens (tertiary/aromatic N) is 1. The lowest BCUT2D eigenvalue weighted by Crippen LogP contribution is -2.44. The maximum Gasteiger partial charge on any atom is 0.223 e. The maximum absolute atomic E-state index is 13.1. The monoisotopic (exact) mass is 462 g/mol. The summed E-state index contributed by atoms with van der Waals surface area (Å²) in [4.78, 5) is 13.1. The van der Waals surface area contributed by atoms with Crippen molar-refractivity contribution in [3.63, 3.8) is 0 Å². The number of halogens is 1. The quantitative estimate of drug-likeness (QED) is 0.593. The highest BCUT2D eigenvalue weighted by Crippen LogP contribution is 2.24. The summed E-state index contributed by atoms with van der Waals surface area (Å²) in [6.07, 6.45) is 3.30. The van der Waals surface area contributed by atoms with Crippen molar-refractivity contribution in [3.8, 4) is 0 Å². The Balaban J connectivity index is 1.63. The van der Waals surface area contributed by atoms with Gasteiger partial charge in [-0.3, -0.25) is 4.79 Å². The van der Waals surface area contributed by atoms with Gasteiger partial charge < -0.3 is 5.32 Å². The first-order chi connectivity index (χ1) is 14.9. The zero-order chi connectivity index (χ0) is 22.3. The molecule has 0 aromatic heterocycles. The van der Waals surface area contributed by atoms with Crippen LogP contribution < -0.4 is 5.32 Å². The Morgan fingerprint density at radius 1 is 1.10 bits per heavy atom. The van der Waals surface area contributed by atoms with Gasteiger partial charge in [-0.1, -0.05) is 67.4 Å². The van der Waals surface area contributed by atoms with Crippen molar-refractivity contribution in [1.82, 2.24) is 9.62 Å². The molecule has 1 saturated heterocycles. The van der Waals surface area contributed by atoms with Crippen molar-refractivity contribution >= 4 is 27.5 Å². The second-order valence-electron chi connectivity index (χ2n) is 8.15. The molecule has 2 aromatic rings. The van der Waals surface area contributed by atoms with E-state index in [4.69, 9.17) is 11.6 Å². The fourth-order valence-corrected chi connectivity index (χ4v) is 5.74. The Kier molecular flexibility index (Phi) is 8.52. The van der Waals surface area contributed by atoms with Crippen LogP contribution in [0.25, 0.3) is 0 Å². The molecule has 7 heteroatoms. The molecule has 5 nitrogen and oxygen atoms in total. The molecular weight excluding hydrogens is 432 g/mol. The minimum absolute atomic E-state index is 0.00609. The highest BCUT2D eigenvalue weighted by molar-refractivity contribution is 7.89. The van der Waals surface area contributed by atoms with Crippen LogP contribution in [0.3, 0.4) is 0 Å². The third-order valence-electron chi connectivity index (χ3n) is 5.85. The fraction of sp³-hybridized carbons (Fsp3) is 0.458. The molecule has 168 valence electrons. The van der Waals surface area contributed by atoms with E-state index >= 15 is 0 Å². The van der Waals surface area contributed by atoms with E-state index in [1.807, 2.05) is 61.5 Å². The second-order valence-corrected chi connectivity index (χ2v) is 10.7. The molecule has 0 spiro atoms.